The topological polar surface area (TPSA) is 86.7 Å². The van der Waals surface area contributed by atoms with E-state index in [0.29, 0.717) is 10.8 Å². The summed E-state index contributed by atoms with van der Waals surface area (Å²) in [5.41, 5.74) is 0. The summed E-state index contributed by atoms with van der Waals surface area (Å²) in [5, 5.41) is 1.36. The van der Waals surface area contributed by atoms with E-state index in [1.807, 2.05) is 12.1 Å². The summed E-state index contributed by atoms with van der Waals surface area (Å²) in [6, 6.07) is 23.9. The van der Waals surface area contributed by atoms with Crippen LogP contribution < -0.4 is 37.9 Å². The minimum absolute atomic E-state index is 0. The largest absolute Gasteiger partial charge is 1.00 e. The van der Waals surface area contributed by atoms with Gasteiger partial charge in [-0.25, -0.2) is 0 Å². The van der Waals surface area contributed by atoms with Gasteiger partial charge < -0.3 is 9.79 Å². The fraction of sp³-hybridized carbons (Fsp3) is 0.0476. The number of fused-ring (bicyclic) bond motifs is 2. The van der Waals surface area contributed by atoms with Crippen LogP contribution in [0.4, 0.5) is 0 Å². The van der Waals surface area contributed by atoms with Gasteiger partial charge in [-0.15, -0.1) is 0 Å². The maximum absolute atomic E-state index is 12.4. The average molecular weight is 452 g/mol. The normalized spacial score (nSPS) is 11.7. The second-order valence-electron chi connectivity index (χ2n) is 6.35. The van der Waals surface area contributed by atoms with Gasteiger partial charge in [-0.1, -0.05) is 72.8 Å². The summed E-state index contributed by atoms with van der Waals surface area (Å²) < 4.78 is 59.9. The van der Waals surface area contributed by atoms with Crippen LogP contribution in [0.2, 0.25) is 0 Å². The van der Waals surface area contributed by atoms with Crippen molar-refractivity contribution in [3.63, 3.8) is 0 Å². The van der Waals surface area contributed by atoms with E-state index in [0.717, 1.165) is 10.8 Å². The van der Waals surface area contributed by atoms with Gasteiger partial charge in [-0.05, 0) is 22.9 Å². The first-order valence-electron chi connectivity index (χ1n) is 8.63. The van der Waals surface area contributed by atoms with Gasteiger partial charge in [0.1, 0.15) is 11.5 Å². The van der Waals surface area contributed by atoms with Crippen LogP contribution >= 0.6 is 0 Å². The molecule has 0 spiro atoms. The van der Waals surface area contributed by atoms with E-state index >= 15 is 0 Å². The molecule has 0 saturated heterocycles. The van der Waals surface area contributed by atoms with Gasteiger partial charge in [0.25, 0.3) is 0 Å². The summed E-state index contributed by atoms with van der Waals surface area (Å²) >= 11 is 0. The Balaban J connectivity index is 0.00000171. The van der Waals surface area contributed by atoms with Gasteiger partial charge in [0.15, 0.2) is 0 Å². The van der Waals surface area contributed by atoms with E-state index in [9.17, 15) is 16.8 Å². The van der Waals surface area contributed by atoms with E-state index in [1.54, 1.807) is 60.7 Å². The molecule has 0 heterocycles. The van der Waals surface area contributed by atoms with Crippen molar-refractivity contribution in [2.75, 3.05) is 5.08 Å². The third-order valence-corrected chi connectivity index (χ3v) is 7.40. The molecule has 4 rings (SSSR count). The van der Waals surface area contributed by atoms with Crippen molar-refractivity contribution in [3.8, 4) is 11.5 Å². The molecule has 0 amide bonds. The van der Waals surface area contributed by atoms with Crippen LogP contribution in [0.5, 0.6) is 11.5 Å². The molecule has 9 heteroatoms. The first-order valence-corrected chi connectivity index (χ1v) is 11.8. The van der Waals surface area contributed by atoms with Gasteiger partial charge in [0.2, 0.25) is 5.08 Å². The maximum atomic E-state index is 12.4. The first kappa shape index (κ1) is 22.6. The quantitative estimate of drug-likeness (QED) is 0.323. The Hall–Kier alpha value is -2.10. The zero-order chi connectivity index (χ0) is 20.5. The van der Waals surface area contributed by atoms with Crippen LogP contribution in [0.1, 0.15) is 1.43 Å². The summed E-state index contributed by atoms with van der Waals surface area (Å²) in [6.07, 6.45) is 0. The predicted molar refractivity (Wildman–Crippen MR) is 113 cm³/mol. The van der Waals surface area contributed by atoms with Gasteiger partial charge in [0.05, 0.1) is 0 Å². The molecular weight excluding hydrogens is 435 g/mol. The van der Waals surface area contributed by atoms with Crippen molar-refractivity contribution in [2.45, 2.75) is 0 Å². The summed E-state index contributed by atoms with van der Waals surface area (Å²) in [4.78, 5) is 0. The van der Waals surface area contributed by atoms with Crippen LogP contribution in [0.25, 0.3) is 21.5 Å². The molecule has 0 aromatic heterocycles. The van der Waals surface area contributed by atoms with Gasteiger partial charge in [0, 0.05) is 10.8 Å². The third-order valence-electron chi connectivity index (χ3n) is 4.22. The summed E-state index contributed by atoms with van der Waals surface area (Å²) in [5.74, 6) is 0.118. The van der Waals surface area contributed by atoms with Crippen LogP contribution in [-0.4, -0.2) is 21.9 Å². The van der Waals surface area contributed by atoms with Crippen molar-refractivity contribution in [2.24, 2.45) is 0 Å². The molecule has 0 aliphatic heterocycles. The molecule has 150 valence electrons. The Labute approximate surface area is 198 Å². The van der Waals surface area contributed by atoms with Crippen molar-refractivity contribution in [1.82, 2.24) is 0 Å². The summed E-state index contributed by atoms with van der Waals surface area (Å²) in [6.45, 7) is 0. The Morgan fingerprint density at radius 2 is 0.933 bits per heavy atom. The predicted octanol–water partition coefficient (Wildman–Crippen LogP) is 1.18. The molecule has 4 aromatic carbocycles. The molecule has 0 aliphatic carbocycles. The Bertz CT molecular complexity index is 1300. The van der Waals surface area contributed by atoms with Crippen LogP contribution in [0, 0.1) is 0 Å². The zero-order valence-electron chi connectivity index (χ0n) is 17.1. The fourth-order valence-electron chi connectivity index (χ4n) is 3.04. The van der Waals surface area contributed by atoms with E-state index in [1.165, 1.54) is 12.1 Å². The number of hydrogen-bond acceptors (Lipinski definition) is 6. The number of hydrogen-bond donors (Lipinski definition) is 0. The molecule has 0 aliphatic rings. The smallest absolute Gasteiger partial charge is 1.00 e. The summed E-state index contributed by atoms with van der Waals surface area (Å²) in [7, 11) is -8.94. The molecule has 4 aromatic rings. The zero-order valence-corrected chi connectivity index (χ0v) is 19.7. The van der Waals surface area contributed by atoms with E-state index < -0.39 is 25.3 Å². The molecule has 0 radical (unpaired) electrons. The minimum atomic E-state index is -4.47. The van der Waals surface area contributed by atoms with Gasteiger partial charge >= 0.3 is 49.8 Å². The molecule has 6 nitrogen and oxygen atoms in total. The SMILES string of the molecule is O=S(=O)(CS(=O)(=O)Oc1cccc2ccccc12)Oc1cccc2ccccc12.[H-].[Na+]. The molecule has 0 unspecified atom stereocenters. The van der Waals surface area contributed by atoms with Crippen molar-refractivity contribution in [1.29, 1.82) is 0 Å². The van der Waals surface area contributed by atoms with Crippen LogP contribution in [-0.2, 0) is 20.2 Å². The Morgan fingerprint density at radius 3 is 1.37 bits per heavy atom. The fourth-order valence-corrected chi connectivity index (χ4v) is 5.67. The van der Waals surface area contributed by atoms with Crippen molar-refractivity contribution < 1.29 is 56.2 Å². The maximum Gasteiger partial charge on any atom is 1.00 e. The molecule has 0 atom stereocenters. The van der Waals surface area contributed by atoms with Crippen molar-refractivity contribution >= 4 is 41.8 Å². The van der Waals surface area contributed by atoms with Gasteiger partial charge in [-0.2, -0.15) is 16.8 Å². The molecular formula is C21H17NaO6S2. The Morgan fingerprint density at radius 1 is 0.567 bits per heavy atom. The molecule has 0 saturated carbocycles. The number of benzene rings is 4. The van der Waals surface area contributed by atoms with E-state index in [-0.39, 0.29) is 42.5 Å². The molecule has 30 heavy (non-hydrogen) atoms. The van der Waals surface area contributed by atoms with Crippen LogP contribution in [0.15, 0.2) is 84.9 Å². The second kappa shape index (κ2) is 8.95. The van der Waals surface area contributed by atoms with Crippen molar-refractivity contribution in [3.05, 3.63) is 84.9 Å². The number of rotatable bonds is 6. The molecule has 0 bridgehead atoms. The molecule has 0 N–H and O–H groups in total. The average Bonchev–Trinajstić information content (AvgIpc) is 2.67. The monoisotopic (exact) mass is 452 g/mol. The van der Waals surface area contributed by atoms with E-state index in [4.69, 9.17) is 8.37 Å². The minimum Gasteiger partial charge on any atom is -1.00 e. The second-order valence-corrected chi connectivity index (χ2v) is 9.86. The third kappa shape index (κ3) is 5.14. The molecule has 0 fully saturated rings. The van der Waals surface area contributed by atoms with E-state index in [2.05, 4.69) is 0 Å². The standard InChI is InChI=1S/C21H16O6S2.Na.H/c22-28(23,26-20-13-5-9-16-7-1-3-11-18(16)20)15-29(24,25)27-21-14-6-10-17-8-2-4-12-19(17)21;;/h1-14H,15H2;;/q;+1;-1. The van der Waals surface area contributed by atoms with Gasteiger partial charge in [-0.3, -0.25) is 0 Å². The van der Waals surface area contributed by atoms with Crippen LogP contribution in [0.3, 0.4) is 0 Å². The first-order chi connectivity index (χ1) is 13.8. The Kier molecular flexibility index (Phi) is 6.74.